The average Bonchev–Trinajstić information content (AvgIpc) is 4.07. The van der Waals surface area contributed by atoms with Gasteiger partial charge in [-0.15, -0.1) is 0 Å². The van der Waals surface area contributed by atoms with Crippen molar-refractivity contribution in [1.82, 2.24) is 0 Å². The van der Waals surface area contributed by atoms with Crippen molar-refractivity contribution < 1.29 is 0 Å². The Balaban J connectivity index is 1.08. The second-order valence-electron chi connectivity index (χ2n) is 19.5. The molecular formula is C64H52N2. The number of fused-ring (bicyclic) bond motifs is 5. The molecule has 0 N–H and O–H groups in total. The van der Waals surface area contributed by atoms with E-state index in [4.69, 9.17) is 0 Å². The highest BCUT2D eigenvalue weighted by Gasteiger charge is 2.62. The molecule has 3 unspecified atom stereocenters. The Morgan fingerprint density at radius 2 is 0.848 bits per heavy atom. The van der Waals surface area contributed by atoms with Gasteiger partial charge in [0, 0.05) is 33.5 Å². The lowest BCUT2D eigenvalue weighted by molar-refractivity contribution is 0.350. The number of hydrogen-bond acceptors (Lipinski definition) is 2. The maximum atomic E-state index is 2.64. The van der Waals surface area contributed by atoms with Crippen LogP contribution in [-0.2, 0) is 23.7 Å². The molecule has 0 bridgehead atoms. The van der Waals surface area contributed by atoms with Crippen molar-refractivity contribution in [2.24, 2.45) is 11.8 Å². The normalized spacial score (nSPS) is 19.0. The smallest absolute Gasteiger partial charge is 0.0540 e. The molecule has 4 aliphatic carbocycles. The van der Waals surface area contributed by atoms with Crippen molar-refractivity contribution in [2.75, 3.05) is 9.80 Å². The van der Waals surface area contributed by atoms with Crippen molar-refractivity contribution in [2.45, 2.75) is 50.4 Å². The molecule has 0 aromatic heterocycles. The second-order valence-corrected chi connectivity index (χ2v) is 19.5. The highest BCUT2D eigenvalue weighted by Crippen LogP contribution is 2.69. The van der Waals surface area contributed by atoms with E-state index >= 15 is 0 Å². The predicted molar refractivity (Wildman–Crippen MR) is 275 cm³/mol. The molecule has 0 heterocycles. The molecule has 2 nitrogen and oxygen atoms in total. The summed E-state index contributed by atoms with van der Waals surface area (Å²) in [5.74, 6) is 0.989. The van der Waals surface area contributed by atoms with Crippen LogP contribution in [0.2, 0.25) is 0 Å². The van der Waals surface area contributed by atoms with Gasteiger partial charge in [-0.1, -0.05) is 178 Å². The summed E-state index contributed by atoms with van der Waals surface area (Å²) >= 11 is 0. The minimum atomic E-state index is -0.178. The zero-order valence-electron chi connectivity index (χ0n) is 37.7. The summed E-state index contributed by atoms with van der Waals surface area (Å²) < 4.78 is 0. The van der Waals surface area contributed by atoms with Crippen molar-refractivity contribution in [3.63, 3.8) is 0 Å². The number of para-hydroxylation sites is 3. The van der Waals surface area contributed by atoms with Crippen LogP contribution in [0.5, 0.6) is 0 Å². The Labute approximate surface area is 389 Å². The van der Waals surface area contributed by atoms with E-state index in [1.54, 1.807) is 0 Å². The summed E-state index contributed by atoms with van der Waals surface area (Å²) in [7, 11) is 0. The SMILES string of the molecule is CC1(C)c2ccccc2-c2c(-c3ccccc3)cc(N(c3ccccc3)c3cccc4c3C35c6c(cccc6N(c6ccccc6)c6ccccc6-c6ccccc6)CC3CCC5C4)cc21. The Bertz CT molecular complexity index is 3290. The molecule has 4 aliphatic rings. The molecule has 1 fully saturated rings. The van der Waals surface area contributed by atoms with Crippen molar-refractivity contribution in [3.8, 4) is 33.4 Å². The number of benzene rings is 9. The number of nitrogens with zero attached hydrogens (tertiary/aromatic N) is 2. The van der Waals surface area contributed by atoms with Gasteiger partial charge in [0.05, 0.1) is 17.1 Å². The summed E-state index contributed by atoms with van der Waals surface area (Å²) in [5, 5.41) is 0. The van der Waals surface area contributed by atoms with Crippen LogP contribution in [0.15, 0.2) is 218 Å². The molecule has 3 atom stereocenters. The van der Waals surface area contributed by atoms with Crippen molar-refractivity contribution in [1.29, 1.82) is 0 Å². The first-order chi connectivity index (χ1) is 32.5. The van der Waals surface area contributed by atoms with E-state index < -0.39 is 0 Å². The Morgan fingerprint density at radius 3 is 1.45 bits per heavy atom. The zero-order valence-corrected chi connectivity index (χ0v) is 37.7. The first kappa shape index (κ1) is 39.0. The molecule has 0 radical (unpaired) electrons. The maximum absolute atomic E-state index is 2.64. The van der Waals surface area contributed by atoms with Crippen LogP contribution in [0.4, 0.5) is 34.1 Å². The molecule has 1 saturated carbocycles. The fourth-order valence-corrected chi connectivity index (χ4v) is 13.3. The highest BCUT2D eigenvalue weighted by atomic mass is 15.2. The van der Waals surface area contributed by atoms with Gasteiger partial charge in [-0.2, -0.15) is 0 Å². The van der Waals surface area contributed by atoms with E-state index in [1.165, 1.54) is 114 Å². The van der Waals surface area contributed by atoms with Crippen molar-refractivity contribution >= 4 is 34.1 Å². The predicted octanol–water partition coefficient (Wildman–Crippen LogP) is 16.7. The molecule has 0 aliphatic heterocycles. The third-order valence-electron chi connectivity index (χ3n) is 15.9. The number of rotatable bonds is 8. The molecule has 9 aromatic carbocycles. The first-order valence-electron chi connectivity index (χ1n) is 23.9. The van der Waals surface area contributed by atoms with Gasteiger partial charge in [-0.05, 0) is 153 Å². The molecule has 9 aromatic rings. The number of anilines is 6. The third kappa shape index (κ3) is 5.67. The van der Waals surface area contributed by atoms with Gasteiger partial charge in [-0.3, -0.25) is 0 Å². The summed E-state index contributed by atoms with van der Waals surface area (Å²) in [6, 6.07) is 81.9. The Morgan fingerprint density at radius 1 is 0.379 bits per heavy atom. The van der Waals surface area contributed by atoms with Crippen LogP contribution in [0.25, 0.3) is 33.4 Å². The summed E-state index contributed by atoms with van der Waals surface area (Å²) in [6.45, 7) is 4.84. The van der Waals surface area contributed by atoms with E-state index in [9.17, 15) is 0 Å². The van der Waals surface area contributed by atoms with Crippen LogP contribution in [-0.4, -0.2) is 0 Å². The van der Waals surface area contributed by atoms with Crippen LogP contribution >= 0.6 is 0 Å². The fraction of sp³-hybridized carbons (Fsp3) is 0.156. The lowest BCUT2D eigenvalue weighted by Gasteiger charge is -2.40. The molecule has 66 heavy (non-hydrogen) atoms. The van der Waals surface area contributed by atoms with Crippen LogP contribution < -0.4 is 9.80 Å². The van der Waals surface area contributed by atoms with E-state index in [0.29, 0.717) is 11.8 Å². The molecule has 318 valence electrons. The molecular weight excluding hydrogens is 797 g/mol. The first-order valence-corrected chi connectivity index (χ1v) is 23.9. The van der Waals surface area contributed by atoms with Gasteiger partial charge in [0.25, 0.3) is 0 Å². The quantitative estimate of drug-likeness (QED) is 0.150. The Hall–Kier alpha value is -7.42. The van der Waals surface area contributed by atoms with Crippen molar-refractivity contribution in [3.05, 3.63) is 252 Å². The Kier molecular flexibility index (Phi) is 8.90. The molecule has 1 spiro atoms. The summed E-state index contributed by atoms with van der Waals surface area (Å²) in [5.41, 5.74) is 23.5. The van der Waals surface area contributed by atoms with E-state index in [-0.39, 0.29) is 10.8 Å². The monoisotopic (exact) mass is 848 g/mol. The van der Waals surface area contributed by atoms with E-state index in [1.807, 2.05) is 0 Å². The average molecular weight is 849 g/mol. The van der Waals surface area contributed by atoms with E-state index in [0.717, 1.165) is 12.8 Å². The topological polar surface area (TPSA) is 6.48 Å². The van der Waals surface area contributed by atoms with Crippen LogP contribution in [0.3, 0.4) is 0 Å². The second kappa shape index (κ2) is 15.1. The van der Waals surface area contributed by atoms with Gasteiger partial charge >= 0.3 is 0 Å². The molecule has 2 heteroatoms. The lowest BCUT2D eigenvalue weighted by Crippen LogP contribution is -2.34. The fourth-order valence-electron chi connectivity index (χ4n) is 13.3. The maximum Gasteiger partial charge on any atom is 0.0540 e. The lowest BCUT2D eigenvalue weighted by atomic mass is 9.68. The van der Waals surface area contributed by atoms with Gasteiger partial charge in [-0.25, -0.2) is 0 Å². The van der Waals surface area contributed by atoms with Gasteiger partial charge in [0.1, 0.15) is 0 Å². The van der Waals surface area contributed by atoms with Crippen LogP contribution in [0.1, 0.15) is 60.1 Å². The minimum Gasteiger partial charge on any atom is -0.310 e. The molecule has 13 rings (SSSR count). The third-order valence-corrected chi connectivity index (χ3v) is 15.9. The van der Waals surface area contributed by atoms with Crippen LogP contribution in [0, 0.1) is 11.8 Å². The summed E-state index contributed by atoms with van der Waals surface area (Å²) in [4.78, 5) is 5.23. The van der Waals surface area contributed by atoms with Gasteiger partial charge in [0.2, 0.25) is 0 Å². The molecule has 0 amide bonds. The minimum absolute atomic E-state index is 0.173. The highest BCUT2D eigenvalue weighted by molar-refractivity contribution is 5.97. The van der Waals surface area contributed by atoms with Gasteiger partial charge in [0.15, 0.2) is 0 Å². The number of hydrogen-bond donors (Lipinski definition) is 0. The standard InChI is InChI=1S/C64H52N2/c1-63(2)55-33-17-15-32-53(55)60-54(44-23-9-4-10-24-44)41-51(42-56(60)63)65(49-27-11-5-12-28-49)58-35-19-25-45-39-47-37-38-48-40-46-26-20-36-59(62(46)64(47,48)61(45)58)66(50-29-13-6-14-30-50)57-34-18-16-31-52(57)43-21-7-3-8-22-43/h3-36,41-42,47-48H,37-40H2,1-2H3. The largest absolute Gasteiger partial charge is 0.310 e. The van der Waals surface area contributed by atoms with Gasteiger partial charge < -0.3 is 9.80 Å². The summed E-state index contributed by atoms with van der Waals surface area (Å²) in [6.07, 6.45) is 4.63. The zero-order chi connectivity index (χ0) is 44.0. The molecule has 0 saturated heterocycles. The van der Waals surface area contributed by atoms with E-state index in [2.05, 4.69) is 242 Å².